The highest BCUT2D eigenvalue weighted by Gasteiger charge is 2.66. The molecule has 0 spiro atoms. The zero-order chi connectivity index (χ0) is 47.5. The molecule has 10 rings (SSSR count). The van der Waals surface area contributed by atoms with Crippen LogP contribution in [0, 0.1) is 30.1 Å². The Kier molecular flexibility index (Phi) is 14.6. The van der Waals surface area contributed by atoms with Gasteiger partial charge in [-0.2, -0.15) is 5.10 Å². The van der Waals surface area contributed by atoms with Gasteiger partial charge in [0.05, 0.1) is 28.6 Å². The first-order valence-corrected chi connectivity index (χ1v) is 27.0. The summed E-state index contributed by atoms with van der Waals surface area (Å²) in [6.07, 6.45) is 27.1. The summed E-state index contributed by atoms with van der Waals surface area (Å²) in [4.78, 5) is 27.1. The van der Waals surface area contributed by atoms with Crippen molar-refractivity contribution in [2.45, 2.75) is 175 Å². The van der Waals surface area contributed by atoms with Crippen LogP contribution in [0.2, 0.25) is 0 Å². The minimum atomic E-state index is -1.07. The number of fused-ring (bicyclic) bond motifs is 2. The fraction of sp³-hybridized carbons (Fsp3) is 0.636. The fourth-order valence-corrected chi connectivity index (χ4v) is 14.9. The van der Waals surface area contributed by atoms with E-state index in [1.807, 2.05) is 41.4 Å². The molecular weight excluding hydrogens is 867 g/mol. The van der Waals surface area contributed by atoms with Crippen molar-refractivity contribution in [2.24, 2.45) is 16.2 Å². The van der Waals surface area contributed by atoms with Gasteiger partial charge in [-0.1, -0.05) is 115 Å². The Morgan fingerprint density at radius 1 is 0.838 bits per heavy atom. The molecule has 5 heterocycles. The van der Waals surface area contributed by atoms with Crippen molar-refractivity contribution in [3.05, 3.63) is 65.1 Å². The van der Waals surface area contributed by atoms with Gasteiger partial charge in [0.1, 0.15) is 5.82 Å². The van der Waals surface area contributed by atoms with E-state index >= 15 is 0 Å². The van der Waals surface area contributed by atoms with Gasteiger partial charge in [-0.05, 0) is 126 Å². The Bertz CT molecular complexity index is 2500. The second kappa shape index (κ2) is 20.5. The van der Waals surface area contributed by atoms with E-state index in [-0.39, 0.29) is 27.5 Å². The molecule has 1 aliphatic heterocycles. The van der Waals surface area contributed by atoms with Crippen molar-refractivity contribution >= 4 is 50.1 Å². The molecule has 1 aromatic carbocycles. The van der Waals surface area contributed by atoms with Gasteiger partial charge in [-0.25, -0.2) is 14.8 Å². The number of aromatic carboxylic acids is 1. The van der Waals surface area contributed by atoms with Crippen molar-refractivity contribution in [2.75, 3.05) is 43.5 Å². The van der Waals surface area contributed by atoms with Crippen molar-refractivity contribution in [3.8, 4) is 11.1 Å². The van der Waals surface area contributed by atoms with E-state index < -0.39 is 5.97 Å². The number of nitrogens with one attached hydrogen (secondary N) is 1. The predicted molar refractivity (Wildman–Crippen MR) is 276 cm³/mol. The molecule has 5 aromatic rings. The summed E-state index contributed by atoms with van der Waals surface area (Å²) in [5, 5.41) is 29.2. The summed E-state index contributed by atoms with van der Waals surface area (Å²) in [6.45, 7) is 15.8. The Balaban J connectivity index is 0.832. The average Bonchev–Trinajstić information content (AvgIpc) is 3.87. The molecule has 0 radical (unpaired) electrons. The van der Waals surface area contributed by atoms with Crippen LogP contribution in [0.15, 0.2) is 42.6 Å². The number of carbonyl (C=O) groups is 1. The maximum Gasteiger partial charge on any atom is 0.355 e. The number of hydrogen-bond acceptors (Lipinski definition) is 11. The van der Waals surface area contributed by atoms with Gasteiger partial charge < -0.3 is 25.0 Å². The molecule has 5 aliphatic rings. The minimum absolute atomic E-state index is 0.0158. The smallest absolute Gasteiger partial charge is 0.355 e. The number of unbranched alkanes of at least 4 members (excludes halogenated alkanes) is 11. The summed E-state index contributed by atoms with van der Waals surface area (Å²) in [5.41, 5.74) is 5.82. The van der Waals surface area contributed by atoms with E-state index in [1.165, 1.54) is 96.3 Å². The number of rotatable bonds is 24. The molecule has 0 saturated heterocycles. The Labute approximate surface area is 409 Å². The quantitative estimate of drug-likeness (QED) is 0.0573. The van der Waals surface area contributed by atoms with Crippen molar-refractivity contribution in [1.29, 1.82) is 0 Å². The third-order valence-electron chi connectivity index (χ3n) is 16.1. The Morgan fingerprint density at radius 3 is 2.25 bits per heavy atom. The number of para-hydroxylation sites is 1. The third kappa shape index (κ3) is 10.6. The molecule has 13 heteroatoms. The van der Waals surface area contributed by atoms with Crippen LogP contribution in [0.4, 0.5) is 22.6 Å². The van der Waals surface area contributed by atoms with Crippen LogP contribution in [0.3, 0.4) is 0 Å². The van der Waals surface area contributed by atoms with Crippen LogP contribution in [0.1, 0.15) is 170 Å². The number of carboxylic acid groups (broad SMARTS) is 1. The monoisotopic (exact) mass is 944 g/mol. The largest absolute Gasteiger partial charge is 0.476 e. The van der Waals surface area contributed by atoms with Gasteiger partial charge >= 0.3 is 5.97 Å². The van der Waals surface area contributed by atoms with Crippen molar-refractivity contribution < 1.29 is 14.6 Å². The first-order valence-electron chi connectivity index (χ1n) is 26.1. The summed E-state index contributed by atoms with van der Waals surface area (Å²) >= 11 is 1.59. The van der Waals surface area contributed by atoms with E-state index in [4.69, 9.17) is 24.9 Å². The molecule has 2 atom stereocenters. The van der Waals surface area contributed by atoms with Gasteiger partial charge in [-0.3, -0.25) is 4.68 Å². The highest BCUT2D eigenvalue weighted by atomic mass is 32.1. The zero-order valence-corrected chi connectivity index (χ0v) is 42.8. The number of likely N-dealkylation sites (N-methyl/N-ethyl adjacent to an activating group) is 1. The SMILES string of the molecule is CCCCCCCCCCCCCCN(C)CCOC12CC3(C)CC(C)(CC(Cn4ncc(-c5ccc(N6CCCc7c6nnc(Nc6nc8ccccc8s6)c7C)nc5C(=O)O)c4C)(C3)C1)C2. The molecule has 2 N–H and O–H groups in total. The highest BCUT2D eigenvalue weighted by Crippen LogP contribution is 2.72. The average molecular weight is 944 g/mol. The maximum absolute atomic E-state index is 13.0. The molecule has 4 bridgehead atoms. The summed E-state index contributed by atoms with van der Waals surface area (Å²) in [6, 6.07) is 11.9. The maximum atomic E-state index is 13.0. The lowest BCUT2D eigenvalue weighted by atomic mass is 9.39. The summed E-state index contributed by atoms with van der Waals surface area (Å²) < 4.78 is 10.4. The number of carboxylic acids is 1. The zero-order valence-electron chi connectivity index (χ0n) is 42.0. The number of ether oxygens (including phenoxy) is 1. The number of pyridine rings is 1. The van der Waals surface area contributed by atoms with Crippen LogP contribution in [0.5, 0.6) is 0 Å². The van der Waals surface area contributed by atoms with Gasteiger partial charge in [0.25, 0.3) is 0 Å². The van der Waals surface area contributed by atoms with Gasteiger partial charge in [0.15, 0.2) is 22.5 Å². The highest BCUT2D eigenvalue weighted by molar-refractivity contribution is 7.22. The first-order chi connectivity index (χ1) is 32.8. The predicted octanol–water partition coefficient (Wildman–Crippen LogP) is 13.3. The molecule has 4 saturated carbocycles. The molecule has 4 aliphatic carbocycles. The summed E-state index contributed by atoms with van der Waals surface area (Å²) in [7, 11) is 2.27. The lowest BCUT2D eigenvalue weighted by Crippen LogP contribution is -2.64. The third-order valence-corrected chi connectivity index (χ3v) is 17.0. The van der Waals surface area contributed by atoms with Gasteiger partial charge in [0.2, 0.25) is 0 Å². The number of aromatic nitrogens is 6. The van der Waals surface area contributed by atoms with E-state index in [1.54, 1.807) is 11.3 Å². The van der Waals surface area contributed by atoms with E-state index in [0.29, 0.717) is 29.6 Å². The second-order valence-electron chi connectivity index (χ2n) is 22.4. The lowest BCUT2D eigenvalue weighted by molar-refractivity contribution is -0.248. The van der Waals surface area contributed by atoms with Gasteiger partial charge in [0, 0.05) is 47.6 Å². The molecule has 366 valence electrons. The standard InChI is InChI=1S/C55H77N9O3S/c1-7-8-9-10-11-12-13-14-15-16-17-20-27-62(6)29-30-67-55-35-52(4)32-53(5,36-55)34-54(33-52,37-55)38-64-40(3)43(31-56-64)42-25-26-46(58-47(42)50(65)66)63-28-21-22-41-39(2)48(60-61-49(41)63)59-51-57-44-23-18-19-24-45(44)68-51/h18-19,23-26,31H,7-17,20-22,27-30,32-38H2,1-6H3,(H,65,66)(H,57,59,60). The van der Waals surface area contributed by atoms with Crippen LogP contribution < -0.4 is 10.2 Å². The van der Waals surface area contributed by atoms with E-state index in [0.717, 1.165) is 96.1 Å². The van der Waals surface area contributed by atoms with Crippen LogP contribution in [0.25, 0.3) is 21.3 Å². The van der Waals surface area contributed by atoms with E-state index in [9.17, 15) is 9.90 Å². The molecular formula is C55H77N9O3S. The molecule has 12 nitrogen and oxygen atoms in total. The molecule has 4 aromatic heterocycles. The fourth-order valence-electron chi connectivity index (χ4n) is 14.0. The lowest BCUT2D eigenvalue weighted by Gasteiger charge is -2.69. The summed E-state index contributed by atoms with van der Waals surface area (Å²) in [5.74, 6) is 0.873. The van der Waals surface area contributed by atoms with Crippen molar-refractivity contribution in [3.63, 3.8) is 0 Å². The Hall–Kier alpha value is -4.46. The van der Waals surface area contributed by atoms with Crippen molar-refractivity contribution in [1.82, 2.24) is 34.8 Å². The van der Waals surface area contributed by atoms with E-state index in [2.05, 4.69) is 67.7 Å². The van der Waals surface area contributed by atoms with Crippen LogP contribution in [-0.4, -0.2) is 84.8 Å². The number of thiazole rings is 1. The second-order valence-corrected chi connectivity index (χ2v) is 23.5. The minimum Gasteiger partial charge on any atom is -0.476 e. The Morgan fingerprint density at radius 2 is 1.54 bits per heavy atom. The number of hydrogen-bond donors (Lipinski definition) is 2. The molecule has 4 fully saturated rings. The van der Waals surface area contributed by atoms with Crippen LogP contribution in [-0.2, 0) is 17.7 Å². The topological polar surface area (TPSA) is 134 Å². The number of nitrogens with zero attached hydrogens (tertiary/aromatic N) is 8. The van der Waals surface area contributed by atoms with Gasteiger partial charge in [-0.15, -0.1) is 10.2 Å². The first kappa shape index (κ1) is 48.6. The normalized spacial score (nSPS) is 24.1. The molecule has 68 heavy (non-hydrogen) atoms. The van der Waals surface area contributed by atoms with Crippen LogP contribution >= 0.6 is 11.3 Å². The molecule has 0 amide bonds. The number of anilines is 4. The number of benzene rings is 1. The molecule has 2 unspecified atom stereocenters.